The highest BCUT2D eigenvalue weighted by Gasteiger charge is 2.17. The van der Waals surface area contributed by atoms with Crippen molar-refractivity contribution in [3.05, 3.63) is 24.3 Å². The molecule has 0 atom stereocenters. The summed E-state index contributed by atoms with van der Waals surface area (Å²) in [6.07, 6.45) is 3.73. The molecule has 0 unspecified atom stereocenters. The van der Waals surface area contributed by atoms with Crippen LogP contribution in [0.1, 0.15) is 26.2 Å². The summed E-state index contributed by atoms with van der Waals surface area (Å²) in [6, 6.07) is 7.63. The Morgan fingerprint density at radius 3 is 2.31 bits per heavy atom. The third kappa shape index (κ3) is 2.38. The molecule has 0 heterocycles. The van der Waals surface area contributed by atoms with Gasteiger partial charge in [0.1, 0.15) is 0 Å². The summed E-state index contributed by atoms with van der Waals surface area (Å²) in [5, 5.41) is 3.38. The third-order valence-electron chi connectivity index (χ3n) is 3.07. The average molecular weight is 239 g/mol. The van der Waals surface area contributed by atoms with Gasteiger partial charge in [-0.3, -0.25) is 0 Å². The Morgan fingerprint density at radius 2 is 1.88 bits per heavy atom. The van der Waals surface area contributed by atoms with E-state index < -0.39 is 9.84 Å². The molecule has 1 N–H and O–H groups in total. The third-order valence-corrected chi connectivity index (χ3v) is 4.82. The van der Waals surface area contributed by atoms with Gasteiger partial charge in [0.15, 0.2) is 9.84 Å². The van der Waals surface area contributed by atoms with Crippen LogP contribution in [0, 0.1) is 0 Å². The number of anilines is 1. The minimum absolute atomic E-state index is 0.155. The molecule has 1 aromatic rings. The molecule has 1 aromatic carbocycles. The number of hydrogen-bond acceptors (Lipinski definition) is 3. The molecule has 1 aliphatic rings. The second-order valence-corrected chi connectivity index (χ2v) is 6.48. The lowest BCUT2D eigenvalue weighted by Crippen LogP contribution is -2.26. The number of hydrogen-bond donors (Lipinski definition) is 1. The van der Waals surface area contributed by atoms with Crippen LogP contribution in [0.2, 0.25) is 0 Å². The Kier molecular flexibility index (Phi) is 3.19. The first-order chi connectivity index (χ1) is 7.62. The van der Waals surface area contributed by atoms with Crippen molar-refractivity contribution in [2.24, 2.45) is 0 Å². The predicted octanol–water partition coefficient (Wildman–Crippen LogP) is 2.44. The fourth-order valence-electron chi connectivity index (χ4n) is 1.71. The van der Waals surface area contributed by atoms with Crippen LogP contribution in [0.5, 0.6) is 0 Å². The maximum atomic E-state index is 11.6. The second-order valence-electron chi connectivity index (χ2n) is 4.20. The van der Waals surface area contributed by atoms with Gasteiger partial charge < -0.3 is 5.32 Å². The summed E-state index contributed by atoms with van der Waals surface area (Å²) in [5.41, 5.74) is 1.01. The van der Waals surface area contributed by atoms with Crippen LogP contribution in [0.15, 0.2) is 29.2 Å². The summed E-state index contributed by atoms with van der Waals surface area (Å²) < 4.78 is 23.2. The Bertz CT molecular complexity index is 446. The van der Waals surface area contributed by atoms with Crippen molar-refractivity contribution in [3.63, 3.8) is 0 Å². The largest absolute Gasteiger partial charge is 0.382 e. The van der Waals surface area contributed by atoms with Crippen LogP contribution in [-0.2, 0) is 9.84 Å². The zero-order chi connectivity index (χ0) is 11.6. The fraction of sp³-hybridized carbons (Fsp3) is 0.500. The minimum atomic E-state index is -3.06. The maximum Gasteiger partial charge on any atom is 0.178 e. The van der Waals surface area contributed by atoms with Crippen LogP contribution in [0.3, 0.4) is 0 Å². The van der Waals surface area contributed by atoms with E-state index in [0.29, 0.717) is 10.9 Å². The predicted molar refractivity (Wildman–Crippen MR) is 65.4 cm³/mol. The molecule has 0 amide bonds. The highest BCUT2D eigenvalue weighted by molar-refractivity contribution is 7.91. The molecule has 1 aliphatic carbocycles. The van der Waals surface area contributed by atoms with Gasteiger partial charge >= 0.3 is 0 Å². The highest BCUT2D eigenvalue weighted by atomic mass is 32.2. The van der Waals surface area contributed by atoms with E-state index in [1.807, 2.05) is 12.1 Å². The summed E-state index contributed by atoms with van der Waals surface area (Å²) in [7, 11) is -3.06. The first-order valence-corrected chi connectivity index (χ1v) is 7.36. The van der Waals surface area contributed by atoms with Crippen molar-refractivity contribution in [3.8, 4) is 0 Å². The van der Waals surface area contributed by atoms with Crippen LogP contribution >= 0.6 is 0 Å². The smallest absolute Gasteiger partial charge is 0.178 e. The van der Waals surface area contributed by atoms with Gasteiger partial charge in [0.2, 0.25) is 0 Å². The number of nitrogens with one attached hydrogen (secondary N) is 1. The first-order valence-electron chi connectivity index (χ1n) is 5.71. The van der Waals surface area contributed by atoms with Crippen LogP contribution < -0.4 is 5.32 Å². The number of rotatable bonds is 4. The molecule has 88 valence electrons. The fourth-order valence-corrected chi connectivity index (χ4v) is 2.60. The van der Waals surface area contributed by atoms with Gasteiger partial charge in [-0.1, -0.05) is 6.92 Å². The van der Waals surface area contributed by atoms with E-state index in [1.165, 1.54) is 19.3 Å². The van der Waals surface area contributed by atoms with E-state index in [1.54, 1.807) is 19.1 Å². The molecule has 1 fully saturated rings. The molecule has 0 bridgehead atoms. The van der Waals surface area contributed by atoms with E-state index in [0.717, 1.165) is 5.69 Å². The van der Waals surface area contributed by atoms with Gasteiger partial charge in [-0.2, -0.15) is 0 Å². The van der Waals surface area contributed by atoms with Gasteiger partial charge in [-0.05, 0) is 43.5 Å². The quantitative estimate of drug-likeness (QED) is 0.877. The van der Waals surface area contributed by atoms with Crippen molar-refractivity contribution in [2.75, 3.05) is 11.1 Å². The van der Waals surface area contributed by atoms with Gasteiger partial charge in [0.05, 0.1) is 10.6 Å². The molecular weight excluding hydrogens is 222 g/mol. The van der Waals surface area contributed by atoms with Gasteiger partial charge in [-0.15, -0.1) is 0 Å². The van der Waals surface area contributed by atoms with E-state index >= 15 is 0 Å². The lowest BCUT2D eigenvalue weighted by molar-refractivity contribution is 0.445. The van der Waals surface area contributed by atoms with E-state index in [-0.39, 0.29) is 5.75 Å². The minimum Gasteiger partial charge on any atom is -0.382 e. The molecule has 0 radical (unpaired) electrons. The maximum absolute atomic E-state index is 11.6. The molecule has 0 spiro atoms. The number of sulfone groups is 1. The van der Waals surface area contributed by atoms with Gasteiger partial charge in [0, 0.05) is 11.7 Å². The van der Waals surface area contributed by atoms with E-state index in [9.17, 15) is 8.42 Å². The molecule has 1 saturated carbocycles. The molecule has 0 aromatic heterocycles. The van der Waals surface area contributed by atoms with E-state index in [4.69, 9.17) is 0 Å². The molecule has 2 rings (SSSR count). The molecular formula is C12H17NO2S. The highest BCUT2D eigenvalue weighted by Crippen LogP contribution is 2.24. The Morgan fingerprint density at radius 1 is 1.25 bits per heavy atom. The normalized spacial score (nSPS) is 16.8. The van der Waals surface area contributed by atoms with Gasteiger partial charge in [-0.25, -0.2) is 8.42 Å². The van der Waals surface area contributed by atoms with Crippen LogP contribution in [0.4, 0.5) is 5.69 Å². The summed E-state index contributed by atoms with van der Waals surface area (Å²) >= 11 is 0. The Labute approximate surface area is 96.8 Å². The topological polar surface area (TPSA) is 46.2 Å². The zero-order valence-electron chi connectivity index (χ0n) is 9.44. The SMILES string of the molecule is CCS(=O)(=O)c1ccc(NC2CCC2)cc1. The lowest BCUT2D eigenvalue weighted by atomic mass is 9.93. The van der Waals surface area contributed by atoms with Crippen molar-refractivity contribution in [2.45, 2.75) is 37.1 Å². The monoisotopic (exact) mass is 239 g/mol. The molecule has 3 nitrogen and oxygen atoms in total. The Balaban J connectivity index is 2.09. The van der Waals surface area contributed by atoms with Crippen molar-refractivity contribution in [1.29, 1.82) is 0 Å². The summed E-state index contributed by atoms with van der Waals surface area (Å²) in [5.74, 6) is 0.155. The first kappa shape index (κ1) is 11.5. The van der Waals surface area contributed by atoms with Crippen LogP contribution in [-0.4, -0.2) is 20.2 Å². The second kappa shape index (κ2) is 4.45. The molecule has 0 saturated heterocycles. The average Bonchev–Trinajstić information content (AvgIpc) is 2.24. The van der Waals surface area contributed by atoms with E-state index in [2.05, 4.69) is 5.32 Å². The van der Waals surface area contributed by atoms with Crippen molar-refractivity contribution >= 4 is 15.5 Å². The summed E-state index contributed by atoms with van der Waals surface area (Å²) in [6.45, 7) is 1.66. The van der Waals surface area contributed by atoms with Crippen molar-refractivity contribution in [1.82, 2.24) is 0 Å². The number of benzene rings is 1. The van der Waals surface area contributed by atoms with Crippen molar-refractivity contribution < 1.29 is 8.42 Å². The zero-order valence-corrected chi connectivity index (χ0v) is 10.3. The summed E-state index contributed by atoms with van der Waals surface area (Å²) in [4.78, 5) is 0.411. The van der Waals surface area contributed by atoms with Crippen LogP contribution in [0.25, 0.3) is 0 Å². The Hall–Kier alpha value is -1.03. The molecule has 0 aliphatic heterocycles. The van der Waals surface area contributed by atoms with Gasteiger partial charge in [0.25, 0.3) is 0 Å². The molecule has 16 heavy (non-hydrogen) atoms. The standard InChI is InChI=1S/C12H17NO2S/c1-2-16(14,15)12-8-6-11(7-9-12)13-10-4-3-5-10/h6-10,13H,2-5H2,1H3. The lowest BCUT2D eigenvalue weighted by Gasteiger charge is -2.27. The molecule has 4 heteroatoms.